The van der Waals surface area contributed by atoms with E-state index in [1.807, 2.05) is 37.4 Å². The molecule has 0 saturated heterocycles. The van der Waals surface area contributed by atoms with Crippen molar-refractivity contribution in [3.63, 3.8) is 0 Å². The van der Waals surface area contributed by atoms with Gasteiger partial charge in [-0.1, -0.05) is 24.3 Å². The fraction of sp³-hybridized carbons (Fsp3) is 0.286. The van der Waals surface area contributed by atoms with Gasteiger partial charge in [-0.3, -0.25) is 4.79 Å². The Kier molecular flexibility index (Phi) is 5.29. The van der Waals surface area contributed by atoms with Crippen LogP contribution in [0.4, 0.5) is 18.9 Å². The van der Waals surface area contributed by atoms with Crippen molar-refractivity contribution in [3.8, 4) is 5.69 Å². The van der Waals surface area contributed by atoms with Crippen molar-refractivity contribution in [2.24, 2.45) is 0 Å². The van der Waals surface area contributed by atoms with E-state index in [1.165, 1.54) is 12.1 Å². The van der Waals surface area contributed by atoms with Crippen LogP contribution in [0.15, 0.2) is 54.7 Å². The van der Waals surface area contributed by atoms with Gasteiger partial charge < -0.3 is 10.6 Å². The summed E-state index contributed by atoms with van der Waals surface area (Å²) < 4.78 is 40.5. The fourth-order valence-electron chi connectivity index (χ4n) is 3.48. The summed E-state index contributed by atoms with van der Waals surface area (Å²) in [7, 11) is 1.89. The first-order chi connectivity index (χ1) is 14.3. The highest BCUT2D eigenvalue weighted by Gasteiger charge is 2.35. The summed E-state index contributed by atoms with van der Waals surface area (Å²) in [4.78, 5) is 16.1. The molecule has 2 N–H and O–H groups in total. The molecule has 6 nitrogen and oxygen atoms in total. The van der Waals surface area contributed by atoms with Gasteiger partial charge in [-0.25, -0.2) is 9.67 Å². The number of para-hydroxylation sites is 1. The molecule has 1 aromatic carbocycles. The maximum atomic E-state index is 12.9. The van der Waals surface area contributed by atoms with Crippen molar-refractivity contribution in [2.75, 3.05) is 12.4 Å². The number of halogens is 3. The molecule has 1 amide bonds. The van der Waals surface area contributed by atoms with Crippen LogP contribution >= 0.6 is 0 Å². The lowest BCUT2D eigenvalue weighted by Crippen LogP contribution is -2.38. The van der Waals surface area contributed by atoms with E-state index in [9.17, 15) is 18.0 Å². The molecule has 0 aliphatic heterocycles. The van der Waals surface area contributed by atoms with Crippen molar-refractivity contribution in [1.82, 2.24) is 20.1 Å². The molecule has 1 aliphatic rings. The zero-order valence-corrected chi connectivity index (χ0v) is 16.1. The van der Waals surface area contributed by atoms with Crippen LogP contribution in [0.5, 0.6) is 0 Å². The number of amides is 1. The molecule has 30 heavy (non-hydrogen) atoms. The Morgan fingerprint density at radius 2 is 1.83 bits per heavy atom. The van der Waals surface area contributed by atoms with Gasteiger partial charge in [0.1, 0.15) is 11.4 Å². The van der Waals surface area contributed by atoms with Crippen LogP contribution in [0.2, 0.25) is 0 Å². The molecule has 1 saturated carbocycles. The number of nitrogens with one attached hydrogen (secondary N) is 2. The summed E-state index contributed by atoms with van der Waals surface area (Å²) in [6.45, 7) is 0. The minimum absolute atomic E-state index is 0.150. The molecule has 0 atom stereocenters. The highest BCUT2D eigenvalue weighted by Crippen LogP contribution is 2.39. The number of aromatic nitrogens is 3. The van der Waals surface area contributed by atoms with Gasteiger partial charge in [0.15, 0.2) is 0 Å². The number of carbonyl (C=O) groups excluding carboxylic acids is 1. The standard InChI is InChI=1S/C21H20F3N5O/c1-25-14-10-13(11-14)19-17(12-29(28-19)15-6-3-2-4-7-15)27-20(30)16-8-5-9-18(26-16)21(22,23)24/h2-9,12-14,25H,10-11H2,1H3,(H,27,30). The first-order valence-corrected chi connectivity index (χ1v) is 9.53. The molecule has 9 heteroatoms. The van der Waals surface area contributed by atoms with Crippen LogP contribution < -0.4 is 10.6 Å². The molecule has 0 radical (unpaired) electrons. The number of hydrogen-bond acceptors (Lipinski definition) is 4. The molecule has 4 rings (SSSR count). The van der Waals surface area contributed by atoms with Gasteiger partial charge in [0, 0.05) is 12.0 Å². The number of rotatable bonds is 5. The molecule has 2 aromatic heterocycles. The van der Waals surface area contributed by atoms with Crippen LogP contribution in [-0.4, -0.2) is 33.8 Å². The first kappa shape index (κ1) is 20.1. The van der Waals surface area contributed by atoms with E-state index in [2.05, 4.69) is 20.7 Å². The summed E-state index contributed by atoms with van der Waals surface area (Å²) in [5, 5.41) is 10.6. The Bertz CT molecular complexity index is 1040. The quantitative estimate of drug-likeness (QED) is 0.661. The zero-order valence-electron chi connectivity index (χ0n) is 16.1. The highest BCUT2D eigenvalue weighted by atomic mass is 19.4. The van der Waals surface area contributed by atoms with Crippen LogP contribution in [0.3, 0.4) is 0 Å². The average Bonchev–Trinajstić information content (AvgIpc) is 3.11. The average molecular weight is 415 g/mol. The molecule has 1 aliphatic carbocycles. The topological polar surface area (TPSA) is 71.8 Å². The molecule has 2 heterocycles. The predicted molar refractivity (Wildman–Crippen MR) is 106 cm³/mol. The largest absolute Gasteiger partial charge is 0.433 e. The van der Waals surface area contributed by atoms with Gasteiger partial charge in [0.05, 0.1) is 23.3 Å². The molecular formula is C21H20F3N5O. The summed E-state index contributed by atoms with van der Waals surface area (Å²) in [6, 6.07) is 13.0. The number of anilines is 1. The van der Waals surface area contributed by atoms with Crippen LogP contribution in [-0.2, 0) is 6.18 Å². The van der Waals surface area contributed by atoms with Crippen LogP contribution in [0, 0.1) is 0 Å². The number of carbonyl (C=O) groups is 1. The lowest BCUT2D eigenvalue weighted by atomic mass is 9.78. The summed E-state index contributed by atoms with van der Waals surface area (Å²) in [5.74, 6) is -0.559. The summed E-state index contributed by atoms with van der Waals surface area (Å²) >= 11 is 0. The van der Waals surface area contributed by atoms with E-state index in [4.69, 9.17) is 0 Å². The molecule has 1 fully saturated rings. The molecule has 0 bridgehead atoms. The maximum absolute atomic E-state index is 12.9. The smallest absolute Gasteiger partial charge is 0.318 e. The third-order valence-electron chi connectivity index (χ3n) is 5.22. The van der Waals surface area contributed by atoms with Crippen LogP contribution in [0.1, 0.15) is 40.6 Å². The van der Waals surface area contributed by atoms with Crippen molar-refractivity contribution < 1.29 is 18.0 Å². The van der Waals surface area contributed by atoms with Gasteiger partial charge in [-0.15, -0.1) is 0 Å². The second-order valence-corrected chi connectivity index (χ2v) is 7.22. The maximum Gasteiger partial charge on any atom is 0.433 e. The number of pyridine rings is 1. The Balaban J connectivity index is 1.63. The Morgan fingerprint density at radius 1 is 1.10 bits per heavy atom. The molecule has 0 spiro atoms. The third kappa shape index (κ3) is 4.06. The highest BCUT2D eigenvalue weighted by molar-refractivity contribution is 6.03. The van der Waals surface area contributed by atoms with Gasteiger partial charge in [0.25, 0.3) is 5.91 Å². The van der Waals surface area contributed by atoms with E-state index >= 15 is 0 Å². The Labute approximate surface area is 171 Å². The molecule has 3 aromatic rings. The summed E-state index contributed by atoms with van der Waals surface area (Å²) in [5.41, 5.74) is 0.602. The minimum Gasteiger partial charge on any atom is -0.318 e. The van der Waals surface area contributed by atoms with Crippen molar-refractivity contribution >= 4 is 11.6 Å². The van der Waals surface area contributed by atoms with Gasteiger partial charge in [0.2, 0.25) is 0 Å². The molecule has 0 unspecified atom stereocenters. The van der Waals surface area contributed by atoms with Gasteiger partial charge in [-0.2, -0.15) is 18.3 Å². The monoisotopic (exact) mass is 415 g/mol. The molecule has 156 valence electrons. The normalized spacial score (nSPS) is 18.7. The zero-order chi connectivity index (χ0) is 21.3. The van der Waals surface area contributed by atoms with E-state index in [-0.39, 0.29) is 11.6 Å². The SMILES string of the molecule is CNC1CC(c2nn(-c3ccccc3)cc2NC(=O)c2cccc(C(F)(F)F)n2)C1. The second-order valence-electron chi connectivity index (χ2n) is 7.22. The van der Waals surface area contributed by atoms with Crippen molar-refractivity contribution in [3.05, 3.63) is 71.8 Å². The molecular weight excluding hydrogens is 395 g/mol. The Hall–Kier alpha value is -3.20. The second kappa shape index (κ2) is 7.91. The van der Waals surface area contributed by atoms with E-state index < -0.39 is 17.8 Å². The predicted octanol–water partition coefficient (Wildman–Crippen LogP) is 4.00. The number of alkyl halides is 3. The number of benzene rings is 1. The van der Waals surface area contributed by atoms with E-state index in [0.717, 1.165) is 24.6 Å². The Morgan fingerprint density at radius 3 is 2.50 bits per heavy atom. The van der Waals surface area contributed by atoms with E-state index in [0.29, 0.717) is 17.4 Å². The summed E-state index contributed by atoms with van der Waals surface area (Å²) in [6.07, 6.45) is -1.20. The van der Waals surface area contributed by atoms with Gasteiger partial charge in [-0.05, 0) is 44.2 Å². The minimum atomic E-state index is -4.62. The van der Waals surface area contributed by atoms with Crippen molar-refractivity contribution in [1.29, 1.82) is 0 Å². The number of hydrogen-bond donors (Lipinski definition) is 2. The van der Waals surface area contributed by atoms with Crippen LogP contribution in [0.25, 0.3) is 5.69 Å². The van der Waals surface area contributed by atoms with E-state index in [1.54, 1.807) is 10.9 Å². The van der Waals surface area contributed by atoms with Crippen molar-refractivity contribution in [2.45, 2.75) is 31.0 Å². The first-order valence-electron chi connectivity index (χ1n) is 9.53. The lowest BCUT2D eigenvalue weighted by Gasteiger charge is -2.34. The third-order valence-corrected chi connectivity index (χ3v) is 5.22. The fourth-order valence-corrected chi connectivity index (χ4v) is 3.48. The number of nitrogens with zero attached hydrogens (tertiary/aromatic N) is 3. The lowest BCUT2D eigenvalue weighted by molar-refractivity contribution is -0.141. The van der Waals surface area contributed by atoms with Gasteiger partial charge >= 0.3 is 6.18 Å².